The van der Waals surface area contributed by atoms with Crippen molar-refractivity contribution in [3.05, 3.63) is 155 Å². The molecule has 0 radical (unpaired) electrons. The molecule has 6 rings (SSSR count). The van der Waals surface area contributed by atoms with Gasteiger partial charge in [-0.15, -0.1) is 0 Å². The van der Waals surface area contributed by atoms with Crippen molar-refractivity contribution >= 4 is 7.54 Å². The topological polar surface area (TPSA) is 50.6 Å². The third-order valence-electron chi connectivity index (χ3n) is 11.5. The molecule has 0 saturated carbocycles. The Hall–Kier alpha value is -3.47. The van der Waals surface area contributed by atoms with Crippen molar-refractivity contribution in [1.29, 1.82) is 0 Å². The SMILES string of the molecule is CC(C)c1cccc(C(C)C)c1-n1[c-][n+](-c2c(C(C)C)cccc2C(C)C)cc1.CC(C)c1cccc(C(C)C)c1-n1[c-][n+](-c2c(C(C)C)cccc2C(C)C)cc1.FB(F)F.[Au+].[Au+].[F-].[OH3+]. The molecule has 368 valence electrons. The summed E-state index contributed by atoms with van der Waals surface area (Å²) in [6, 6.07) is 26.8. The average molecular weight is 1280 g/mol. The van der Waals surface area contributed by atoms with Crippen molar-refractivity contribution < 1.29 is 77.0 Å². The summed E-state index contributed by atoms with van der Waals surface area (Å²) in [6.45, 7) is 36.3. The molecule has 0 unspecified atom stereocenters. The third-order valence-corrected chi connectivity index (χ3v) is 11.5. The zero-order valence-electron chi connectivity index (χ0n) is 41.9. The summed E-state index contributed by atoms with van der Waals surface area (Å²) in [5.74, 6) is 3.68. The zero-order valence-corrected chi connectivity index (χ0v) is 46.2. The Balaban J connectivity index is 0.00000112. The van der Waals surface area contributed by atoms with Gasteiger partial charge in [-0.05, 0) is 91.9 Å². The molecule has 0 aliphatic rings. The fourth-order valence-corrected chi connectivity index (χ4v) is 8.29. The minimum atomic E-state index is -3.67. The van der Waals surface area contributed by atoms with Crippen molar-refractivity contribution in [3.8, 4) is 22.7 Å². The second kappa shape index (κ2) is 28.1. The quantitative estimate of drug-likeness (QED) is 0.0386. The molecular weight excluding hydrogens is 1200 g/mol. The van der Waals surface area contributed by atoms with E-state index in [4.69, 9.17) is 0 Å². The second-order valence-corrected chi connectivity index (χ2v) is 18.9. The molecule has 2 heterocycles. The molecule has 0 atom stereocenters. The average Bonchev–Trinajstić information content (AvgIpc) is 3.90. The van der Waals surface area contributed by atoms with Crippen molar-refractivity contribution in [2.75, 3.05) is 0 Å². The van der Waals surface area contributed by atoms with Crippen molar-refractivity contribution in [2.24, 2.45) is 0 Å². The Bertz CT molecular complexity index is 1950. The fourth-order valence-electron chi connectivity index (χ4n) is 8.29. The normalized spacial score (nSPS) is 11.0. The van der Waals surface area contributed by atoms with Gasteiger partial charge in [-0.3, -0.25) is 31.2 Å². The summed E-state index contributed by atoms with van der Waals surface area (Å²) < 4.78 is 37.8. The molecule has 0 aliphatic heterocycles. The molecular formula is C54H75Au2BF4N4O+2. The van der Waals surface area contributed by atoms with Gasteiger partial charge in [-0.25, -0.2) is 0 Å². The molecule has 4 aromatic carbocycles. The molecule has 3 N–H and O–H groups in total. The maximum absolute atomic E-state index is 9.67. The predicted molar refractivity (Wildman–Crippen MR) is 259 cm³/mol. The van der Waals surface area contributed by atoms with Gasteiger partial charge in [0.2, 0.25) is 0 Å². The first-order chi connectivity index (χ1) is 29.2. The number of imidazole rings is 2. The van der Waals surface area contributed by atoms with Gasteiger partial charge < -0.3 is 10.2 Å². The van der Waals surface area contributed by atoms with E-state index in [0.717, 1.165) is 0 Å². The number of para-hydroxylation sites is 4. The van der Waals surface area contributed by atoms with Crippen LogP contribution in [0.2, 0.25) is 0 Å². The number of halogens is 4. The van der Waals surface area contributed by atoms with Gasteiger partial charge in [-0.1, -0.05) is 184 Å². The first-order valence-corrected chi connectivity index (χ1v) is 22.7. The number of hydrogen-bond donors (Lipinski definition) is 0. The van der Waals surface area contributed by atoms with E-state index in [2.05, 4.69) is 239 Å². The fraction of sp³-hybridized carbons (Fsp3) is 0.444. The number of aromatic nitrogens is 4. The Morgan fingerprint density at radius 1 is 0.394 bits per heavy atom. The third kappa shape index (κ3) is 15.3. The molecule has 0 spiro atoms. The molecule has 6 aromatic rings. The van der Waals surface area contributed by atoms with Crippen LogP contribution in [0, 0.1) is 12.7 Å². The summed E-state index contributed by atoms with van der Waals surface area (Å²) >= 11 is 0. The van der Waals surface area contributed by atoms with E-state index >= 15 is 0 Å². The van der Waals surface area contributed by atoms with Crippen LogP contribution in [0.4, 0.5) is 12.9 Å². The Morgan fingerprint density at radius 3 is 0.758 bits per heavy atom. The molecule has 0 saturated heterocycles. The minimum Gasteiger partial charge on any atom is -1.00 e. The van der Waals surface area contributed by atoms with Gasteiger partial charge in [0.05, 0.1) is 22.7 Å². The zero-order chi connectivity index (χ0) is 46.2. The van der Waals surface area contributed by atoms with E-state index in [-0.39, 0.29) is 54.9 Å². The smallest absolute Gasteiger partial charge is 1.00 e. The molecule has 0 bridgehead atoms. The summed E-state index contributed by atoms with van der Waals surface area (Å²) in [7, 11) is -3.67. The van der Waals surface area contributed by atoms with Crippen LogP contribution in [0.3, 0.4) is 0 Å². The van der Waals surface area contributed by atoms with Gasteiger partial charge in [-0.2, -0.15) is 0 Å². The maximum atomic E-state index is 9.67. The number of hydrogen-bond acceptors (Lipinski definition) is 0. The van der Waals surface area contributed by atoms with Gasteiger partial charge in [0.25, 0.3) is 12.7 Å². The molecule has 5 nitrogen and oxygen atoms in total. The largest absolute Gasteiger partial charge is 1.00 e. The van der Waals surface area contributed by atoms with Crippen molar-refractivity contribution in [1.82, 2.24) is 9.13 Å². The van der Waals surface area contributed by atoms with Gasteiger partial charge in [0.1, 0.15) is 0 Å². The molecule has 2 aromatic heterocycles. The van der Waals surface area contributed by atoms with Crippen molar-refractivity contribution in [2.45, 2.75) is 158 Å². The summed E-state index contributed by atoms with van der Waals surface area (Å²) in [6.07, 6.45) is 16.0. The Morgan fingerprint density at radius 2 is 0.576 bits per heavy atom. The molecule has 12 heteroatoms. The summed E-state index contributed by atoms with van der Waals surface area (Å²) in [4.78, 5) is 0. The van der Waals surface area contributed by atoms with Gasteiger partial charge in [0, 0.05) is 24.8 Å². The number of benzene rings is 4. The van der Waals surface area contributed by atoms with Crippen molar-refractivity contribution in [3.63, 3.8) is 0 Å². The van der Waals surface area contributed by atoms with Crippen LogP contribution >= 0.6 is 0 Å². The van der Waals surface area contributed by atoms with Crippen LogP contribution in [0.25, 0.3) is 22.7 Å². The Kier molecular flexibility index (Phi) is 26.6. The molecule has 0 amide bonds. The standard InChI is InChI=1S/2C27H36N2.2Au.BF3.FH.H2O/c2*1-18(2)22-11-9-12-23(19(3)4)26(22)28-15-16-29(17-28)27-24(20(5)6)13-10-14-25(27)21(7)8;;;2-1(3)4;;/h2*9-16,18-21H,1-8H3;;;;1H;1H2/q;;2*+1;;;. The first-order valence-electron chi connectivity index (χ1n) is 22.7. The Labute approximate surface area is 426 Å². The van der Waals surface area contributed by atoms with E-state index in [1.807, 2.05) is 0 Å². The minimum absolute atomic E-state index is 0. The predicted octanol–water partition coefficient (Wildman–Crippen LogP) is 11.1. The number of nitrogens with zero attached hydrogens (tertiary/aromatic N) is 4. The van der Waals surface area contributed by atoms with Crippen LogP contribution in [-0.2, 0) is 50.2 Å². The molecule has 0 aliphatic carbocycles. The monoisotopic (exact) mass is 1280 g/mol. The van der Waals surface area contributed by atoms with E-state index in [0.29, 0.717) is 47.3 Å². The van der Waals surface area contributed by atoms with Crippen LogP contribution < -0.4 is 13.8 Å². The van der Waals surface area contributed by atoms with Gasteiger partial charge in [0.15, 0.2) is 0 Å². The second-order valence-electron chi connectivity index (χ2n) is 18.9. The van der Waals surface area contributed by atoms with Crippen LogP contribution in [0.5, 0.6) is 0 Å². The van der Waals surface area contributed by atoms with Crippen LogP contribution in [0.1, 0.15) is 203 Å². The van der Waals surface area contributed by atoms with Gasteiger partial charge >= 0.3 is 52.3 Å². The first kappa shape index (κ1) is 62.5. The molecule has 0 fully saturated rings. The number of rotatable bonds is 12. The van der Waals surface area contributed by atoms with E-state index in [1.165, 1.54) is 67.3 Å². The summed E-state index contributed by atoms with van der Waals surface area (Å²) in [5.41, 5.74) is 16.1. The summed E-state index contributed by atoms with van der Waals surface area (Å²) in [5, 5.41) is 0. The maximum Gasteiger partial charge on any atom is 1.00 e. The van der Waals surface area contributed by atoms with Crippen LogP contribution in [-0.4, -0.2) is 16.7 Å². The van der Waals surface area contributed by atoms with E-state index in [1.54, 1.807) is 0 Å². The molecule has 66 heavy (non-hydrogen) atoms. The van der Waals surface area contributed by atoms with E-state index in [9.17, 15) is 12.9 Å². The van der Waals surface area contributed by atoms with E-state index < -0.39 is 7.54 Å². The van der Waals surface area contributed by atoms with Crippen LogP contribution in [0.15, 0.2) is 97.6 Å².